The van der Waals surface area contributed by atoms with Gasteiger partial charge in [0.2, 0.25) is 23.6 Å². The van der Waals surface area contributed by atoms with Crippen LogP contribution < -0.4 is 4.74 Å². The van der Waals surface area contributed by atoms with Gasteiger partial charge in [-0.1, -0.05) is 17.7 Å². The number of ether oxygens (including phenoxy) is 3. The molecule has 0 radical (unpaired) electrons. The second kappa shape index (κ2) is 8.71. The van der Waals surface area contributed by atoms with E-state index in [2.05, 4.69) is 9.47 Å². The van der Waals surface area contributed by atoms with Crippen LogP contribution in [-0.4, -0.2) is 72.1 Å². The number of hydrogen-bond acceptors (Lipinski definition) is 10. The summed E-state index contributed by atoms with van der Waals surface area (Å²) >= 11 is 0. The summed E-state index contributed by atoms with van der Waals surface area (Å²) in [5.41, 5.74) is 0.892. The summed E-state index contributed by atoms with van der Waals surface area (Å²) in [4.78, 5) is 78.5. The monoisotopic (exact) mass is 512 g/mol. The summed E-state index contributed by atoms with van der Waals surface area (Å²) in [7, 11) is 3.54. The highest BCUT2D eigenvalue weighted by Crippen LogP contribution is 2.59. The van der Waals surface area contributed by atoms with Crippen LogP contribution in [0.5, 0.6) is 11.5 Å². The zero-order valence-corrected chi connectivity index (χ0v) is 20.2. The molecule has 1 saturated carbocycles. The van der Waals surface area contributed by atoms with Crippen LogP contribution in [0.15, 0.2) is 29.8 Å². The van der Waals surface area contributed by atoms with E-state index in [9.17, 15) is 33.9 Å². The second-order valence-electron chi connectivity index (χ2n) is 9.41. The molecule has 6 amide bonds. The molecule has 1 aromatic carbocycles. The molecule has 12 nitrogen and oxygen atoms in total. The SMILES string of the molecule is COC(=O)N1C(=O)C2CC=C3C(CC4C(=O)N(C(=O)OC)C(=O)C4C3c3ccc(OC)cc3O)C2C1=O. The van der Waals surface area contributed by atoms with Crippen LogP contribution in [-0.2, 0) is 28.7 Å². The molecule has 3 fully saturated rings. The Bertz CT molecular complexity index is 1290. The maximum absolute atomic E-state index is 13.4. The van der Waals surface area contributed by atoms with Gasteiger partial charge in [-0.2, -0.15) is 9.80 Å². The van der Waals surface area contributed by atoms with Gasteiger partial charge in [-0.05, 0) is 24.8 Å². The molecule has 37 heavy (non-hydrogen) atoms. The summed E-state index contributed by atoms with van der Waals surface area (Å²) in [5.74, 6) is -8.27. The Morgan fingerprint density at radius 3 is 2.00 bits per heavy atom. The lowest BCUT2D eigenvalue weighted by Crippen LogP contribution is -2.43. The first-order chi connectivity index (χ1) is 17.7. The smallest absolute Gasteiger partial charge is 0.423 e. The first-order valence-corrected chi connectivity index (χ1v) is 11.6. The fraction of sp³-hybridized carbons (Fsp3) is 0.440. The van der Waals surface area contributed by atoms with Gasteiger partial charge in [-0.3, -0.25) is 19.2 Å². The van der Waals surface area contributed by atoms with Crippen molar-refractivity contribution in [3.63, 3.8) is 0 Å². The van der Waals surface area contributed by atoms with E-state index in [4.69, 9.17) is 4.74 Å². The quantitative estimate of drug-likeness (QED) is 0.456. The lowest BCUT2D eigenvalue weighted by atomic mass is 9.57. The summed E-state index contributed by atoms with van der Waals surface area (Å²) in [6, 6.07) is 4.51. The number of hydrogen-bond donors (Lipinski definition) is 1. The van der Waals surface area contributed by atoms with Gasteiger partial charge in [0.25, 0.3) is 0 Å². The van der Waals surface area contributed by atoms with Crippen LogP contribution in [0.1, 0.15) is 24.3 Å². The molecule has 6 unspecified atom stereocenters. The van der Waals surface area contributed by atoms with Crippen LogP contribution in [0.4, 0.5) is 9.59 Å². The van der Waals surface area contributed by atoms with E-state index in [1.807, 2.05) is 0 Å². The third kappa shape index (κ3) is 3.35. The molecular weight excluding hydrogens is 488 g/mol. The first-order valence-electron chi connectivity index (χ1n) is 11.6. The van der Waals surface area contributed by atoms with Gasteiger partial charge in [0.1, 0.15) is 11.5 Å². The lowest BCUT2D eigenvalue weighted by molar-refractivity contribution is -0.139. The summed E-state index contributed by atoms with van der Waals surface area (Å²) in [6.45, 7) is 0. The Morgan fingerprint density at radius 2 is 1.43 bits per heavy atom. The Hall–Kier alpha value is -4.22. The van der Waals surface area contributed by atoms with Crippen LogP contribution in [0.2, 0.25) is 0 Å². The number of benzene rings is 1. The molecule has 2 saturated heterocycles. The number of nitrogens with zero attached hydrogens (tertiary/aromatic N) is 2. The van der Waals surface area contributed by atoms with Crippen molar-refractivity contribution in [2.45, 2.75) is 18.8 Å². The number of likely N-dealkylation sites (tertiary alicyclic amines) is 2. The molecule has 2 aliphatic carbocycles. The van der Waals surface area contributed by atoms with Crippen molar-refractivity contribution in [2.75, 3.05) is 21.3 Å². The number of methoxy groups -OCH3 is 3. The minimum Gasteiger partial charge on any atom is -0.508 e. The van der Waals surface area contributed by atoms with Gasteiger partial charge in [-0.25, -0.2) is 9.59 Å². The number of carbonyl (C=O) groups excluding carboxylic acids is 6. The number of imide groups is 6. The van der Waals surface area contributed by atoms with E-state index in [0.29, 0.717) is 26.7 Å². The lowest BCUT2D eigenvalue weighted by Gasteiger charge is -2.44. The Morgan fingerprint density at radius 1 is 0.838 bits per heavy atom. The average Bonchev–Trinajstić information content (AvgIpc) is 3.30. The highest BCUT2D eigenvalue weighted by atomic mass is 16.5. The number of phenols is 1. The Balaban J connectivity index is 1.65. The van der Waals surface area contributed by atoms with E-state index in [1.54, 1.807) is 18.2 Å². The molecule has 0 spiro atoms. The minimum absolute atomic E-state index is 0.00279. The van der Waals surface area contributed by atoms with Gasteiger partial charge in [0.15, 0.2) is 0 Å². The van der Waals surface area contributed by atoms with Crippen molar-refractivity contribution in [3.05, 3.63) is 35.4 Å². The number of amides is 6. The number of aromatic hydroxyl groups is 1. The zero-order chi connectivity index (χ0) is 26.8. The molecule has 194 valence electrons. The summed E-state index contributed by atoms with van der Waals surface area (Å²) in [5, 5.41) is 10.9. The van der Waals surface area contributed by atoms with Crippen molar-refractivity contribution in [3.8, 4) is 11.5 Å². The number of carbonyl (C=O) groups is 6. The highest BCUT2D eigenvalue weighted by Gasteiger charge is 2.64. The van der Waals surface area contributed by atoms with Crippen molar-refractivity contribution >= 4 is 35.8 Å². The molecule has 4 aliphatic rings. The minimum atomic E-state index is -1.12. The van der Waals surface area contributed by atoms with Gasteiger partial charge >= 0.3 is 12.2 Å². The second-order valence-corrected chi connectivity index (χ2v) is 9.41. The predicted molar refractivity (Wildman–Crippen MR) is 121 cm³/mol. The predicted octanol–water partition coefficient (Wildman–Crippen LogP) is 1.57. The van der Waals surface area contributed by atoms with Crippen molar-refractivity contribution < 1.29 is 48.1 Å². The molecule has 5 rings (SSSR count). The van der Waals surface area contributed by atoms with Gasteiger partial charge < -0.3 is 19.3 Å². The third-order valence-electron chi connectivity index (χ3n) is 7.94. The summed E-state index contributed by atoms with van der Waals surface area (Å²) in [6.07, 6.45) is -0.366. The largest absolute Gasteiger partial charge is 0.508 e. The van der Waals surface area contributed by atoms with E-state index in [-0.39, 0.29) is 18.6 Å². The molecule has 2 heterocycles. The Labute approximate surface area is 210 Å². The standard InChI is InChI=1S/C25H24N2O10/c1-35-10-4-5-12(16(28)8-10)17-11-6-7-13-18(22(31)26(20(13)29)24(33)36-2)14(11)9-15-19(17)23(32)27(21(15)30)25(34)37-3/h4-6,8,13-15,17-19,28H,7,9H2,1-3H3. The fourth-order valence-corrected chi connectivity index (χ4v) is 6.39. The maximum Gasteiger partial charge on any atom is 0.423 e. The summed E-state index contributed by atoms with van der Waals surface area (Å²) < 4.78 is 14.4. The van der Waals surface area contributed by atoms with E-state index >= 15 is 0 Å². The van der Waals surface area contributed by atoms with Crippen molar-refractivity contribution in [1.29, 1.82) is 0 Å². The van der Waals surface area contributed by atoms with Gasteiger partial charge in [-0.15, -0.1) is 0 Å². The van der Waals surface area contributed by atoms with E-state index < -0.39 is 71.3 Å². The molecule has 0 bridgehead atoms. The van der Waals surface area contributed by atoms with Crippen molar-refractivity contribution in [2.24, 2.45) is 29.6 Å². The fourth-order valence-electron chi connectivity index (χ4n) is 6.39. The van der Waals surface area contributed by atoms with Gasteiger partial charge in [0, 0.05) is 17.5 Å². The van der Waals surface area contributed by atoms with Crippen LogP contribution in [0.25, 0.3) is 0 Å². The first kappa shape index (κ1) is 24.5. The normalized spacial score (nSPS) is 30.4. The number of allylic oxidation sites excluding steroid dienone is 2. The van der Waals surface area contributed by atoms with Crippen LogP contribution >= 0.6 is 0 Å². The maximum atomic E-state index is 13.4. The Kier molecular flexibility index (Phi) is 5.76. The molecule has 0 aromatic heterocycles. The topological polar surface area (TPSA) is 157 Å². The molecule has 6 atom stereocenters. The van der Waals surface area contributed by atoms with E-state index in [1.165, 1.54) is 13.2 Å². The highest BCUT2D eigenvalue weighted by molar-refractivity contribution is 6.17. The van der Waals surface area contributed by atoms with Crippen LogP contribution in [0, 0.1) is 29.6 Å². The zero-order valence-electron chi connectivity index (χ0n) is 20.2. The molecule has 2 aliphatic heterocycles. The molecular formula is C25H24N2O10. The third-order valence-corrected chi connectivity index (χ3v) is 7.94. The number of fused-ring (bicyclic) bond motifs is 4. The molecule has 1 aromatic rings. The number of phenolic OH excluding ortho intramolecular Hbond substituents is 1. The van der Waals surface area contributed by atoms with E-state index in [0.717, 1.165) is 14.2 Å². The van der Waals surface area contributed by atoms with Crippen LogP contribution in [0.3, 0.4) is 0 Å². The van der Waals surface area contributed by atoms with Crippen molar-refractivity contribution in [1.82, 2.24) is 9.80 Å². The number of rotatable bonds is 2. The molecule has 1 N–H and O–H groups in total. The average molecular weight is 512 g/mol. The molecule has 12 heteroatoms. The van der Waals surface area contributed by atoms with Gasteiger partial charge in [0.05, 0.1) is 45.0 Å².